The van der Waals surface area contributed by atoms with Gasteiger partial charge in [0.1, 0.15) is 5.03 Å². The first-order valence-electron chi connectivity index (χ1n) is 3.65. The molecule has 0 saturated heterocycles. The highest BCUT2D eigenvalue weighted by Crippen LogP contribution is 2.22. The van der Waals surface area contributed by atoms with E-state index in [1.54, 1.807) is 23.9 Å². The molecule has 2 heterocycles. The van der Waals surface area contributed by atoms with Gasteiger partial charge < -0.3 is 0 Å². The molecule has 72 valence electrons. The largest absolute Gasteiger partial charge is 0.223 e. The third kappa shape index (κ3) is 1.99. The Bertz CT molecular complexity index is 426. The average molecular weight is 229 g/mol. The van der Waals surface area contributed by atoms with E-state index in [4.69, 9.17) is 11.6 Å². The summed E-state index contributed by atoms with van der Waals surface area (Å²) in [6.07, 6.45) is 0. The van der Waals surface area contributed by atoms with Crippen molar-refractivity contribution < 1.29 is 0 Å². The lowest BCUT2D eigenvalue weighted by molar-refractivity contribution is 0.664. The summed E-state index contributed by atoms with van der Waals surface area (Å²) >= 11 is 6.92. The highest BCUT2D eigenvalue weighted by molar-refractivity contribution is 7.99. The summed E-state index contributed by atoms with van der Waals surface area (Å²) in [5.74, 6) is 0. The van der Waals surface area contributed by atoms with Gasteiger partial charge >= 0.3 is 0 Å². The molecule has 0 bridgehead atoms. The van der Waals surface area contributed by atoms with Gasteiger partial charge in [0.15, 0.2) is 5.15 Å². The number of aromatic nitrogens is 6. The second kappa shape index (κ2) is 3.89. The highest BCUT2D eigenvalue weighted by atomic mass is 35.5. The van der Waals surface area contributed by atoms with Crippen molar-refractivity contribution in [2.45, 2.75) is 10.2 Å². The van der Waals surface area contributed by atoms with E-state index in [1.807, 2.05) is 0 Å². The van der Waals surface area contributed by atoms with Crippen LogP contribution in [-0.4, -0.2) is 30.4 Å². The van der Waals surface area contributed by atoms with Crippen LogP contribution >= 0.6 is 23.4 Å². The zero-order valence-corrected chi connectivity index (χ0v) is 8.70. The summed E-state index contributed by atoms with van der Waals surface area (Å²) in [4.78, 5) is 0. The molecule has 0 spiro atoms. The number of rotatable bonds is 2. The Kier molecular flexibility index (Phi) is 2.60. The normalized spacial score (nSPS) is 10.4. The van der Waals surface area contributed by atoms with Gasteiger partial charge in [-0.1, -0.05) is 11.6 Å². The fourth-order valence-electron chi connectivity index (χ4n) is 0.759. The van der Waals surface area contributed by atoms with E-state index < -0.39 is 0 Å². The number of tetrazole rings is 1. The molecule has 0 N–H and O–H groups in total. The van der Waals surface area contributed by atoms with Crippen LogP contribution < -0.4 is 0 Å². The van der Waals surface area contributed by atoms with Gasteiger partial charge in [-0.2, -0.15) is 0 Å². The number of halogens is 1. The van der Waals surface area contributed by atoms with E-state index in [0.29, 0.717) is 15.3 Å². The summed E-state index contributed by atoms with van der Waals surface area (Å²) in [5.41, 5.74) is 0. The van der Waals surface area contributed by atoms with Gasteiger partial charge in [0.25, 0.3) is 0 Å². The van der Waals surface area contributed by atoms with Gasteiger partial charge in [0.05, 0.1) is 0 Å². The molecule has 0 aliphatic heterocycles. The Hall–Kier alpha value is -1.21. The topological polar surface area (TPSA) is 69.4 Å². The lowest BCUT2D eigenvalue weighted by Gasteiger charge is -1.96. The van der Waals surface area contributed by atoms with Crippen LogP contribution in [0.1, 0.15) is 0 Å². The second-order valence-electron chi connectivity index (χ2n) is 2.38. The van der Waals surface area contributed by atoms with E-state index in [-0.39, 0.29) is 0 Å². The van der Waals surface area contributed by atoms with Crippen LogP contribution in [-0.2, 0) is 7.05 Å². The molecule has 0 saturated carbocycles. The summed E-state index contributed by atoms with van der Waals surface area (Å²) in [6.45, 7) is 0. The van der Waals surface area contributed by atoms with E-state index in [1.165, 1.54) is 11.8 Å². The Labute approximate surface area is 88.7 Å². The average Bonchev–Trinajstić information content (AvgIpc) is 2.56. The Morgan fingerprint density at radius 3 is 2.71 bits per heavy atom. The van der Waals surface area contributed by atoms with Gasteiger partial charge in [0.2, 0.25) is 5.16 Å². The van der Waals surface area contributed by atoms with Crippen LogP contribution in [0.5, 0.6) is 0 Å². The van der Waals surface area contributed by atoms with Crippen LogP contribution in [0.15, 0.2) is 22.3 Å². The molecule has 2 aromatic rings. The molecule has 6 nitrogen and oxygen atoms in total. The quantitative estimate of drug-likeness (QED) is 0.758. The SMILES string of the molecule is Cn1nnnc1Sc1ccc(Cl)nn1. The summed E-state index contributed by atoms with van der Waals surface area (Å²) < 4.78 is 1.56. The lowest BCUT2D eigenvalue weighted by atomic mass is 10.6. The van der Waals surface area contributed by atoms with Crippen molar-refractivity contribution in [1.82, 2.24) is 30.4 Å². The zero-order valence-electron chi connectivity index (χ0n) is 7.12. The lowest BCUT2D eigenvalue weighted by Crippen LogP contribution is -1.93. The van der Waals surface area contributed by atoms with Crippen LogP contribution in [0, 0.1) is 0 Å². The minimum Gasteiger partial charge on any atom is -0.223 e. The van der Waals surface area contributed by atoms with Gasteiger partial charge in [-0.15, -0.1) is 15.3 Å². The van der Waals surface area contributed by atoms with Gasteiger partial charge in [-0.25, -0.2) is 4.68 Å². The van der Waals surface area contributed by atoms with Crippen LogP contribution in [0.25, 0.3) is 0 Å². The van der Waals surface area contributed by atoms with Crippen molar-refractivity contribution in [1.29, 1.82) is 0 Å². The molecule has 0 atom stereocenters. The van der Waals surface area contributed by atoms with E-state index in [0.717, 1.165) is 0 Å². The van der Waals surface area contributed by atoms with Crippen LogP contribution in [0.3, 0.4) is 0 Å². The van der Waals surface area contributed by atoms with Gasteiger partial charge in [-0.3, -0.25) is 0 Å². The molecule has 8 heteroatoms. The Morgan fingerprint density at radius 1 is 1.29 bits per heavy atom. The summed E-state index contributed by atoms with van der Waals surface area (Å²) in [5, 5.41) is 20.3. The predicted octanol–water partition coefficient (Wildman–Crippen LogP) is 0.805. The maximum absolute atomic E-state index is 5.60. The molecule has 0 radical (unpaired) electrons. The Morgan fingerprint density at radius 2 is 2.14 bits per heavy atom. The van der Waals surface area contributed by atoms with Crippen LogP contribution in [0.2, 0.25) is 5.15 Å². The Balaban J connectivity index is 2.19. The molecular formula is C6H5ClN6S. The summed E-state index contributed by atoms with van der Waals surface area (Å²) in [6, 6.07) is 3.43. The van der Waals surface area contributed by atoms with E-state index in [2.05, 4.69) is 25.7 Å². The molecule has 0 aromatic carbocycles. The summed E-state index contributed by atoms with van der Waals surface area (Å²) in [7, 11) is 1.76. The maximum atomic E-state index is 5.60. The molecular weight excluding hydrogens is 224 g/mol. The van der Waals surface area contributed by atoms with Crippen molar-refractivity contribution in [3.8, 4) is 0 Å². The van der Waals surface area contributed by atoms with Crippen LogP contribution in [0.4, 0.5) is 0 Å². The first-order valence-corrected chi connectivity index (χ1v) is 4.84. The minimum absolute atomic E-state index is 0.366. The maximum Gasteiger partial charge on any atom is 0.215 e. The van der Waals surface area contributed by atoms with E-state index in [9.17, 15) is 0 Å². The number of hydrogen-bond acceptors (Lipinski definition) is 6. The third-order valence-corrected chi connectivity index (χ3v) is 2.54. The molecule has 2 rings (SSSR count). The van der Waals surface area contributed by atoms with Crippen molar-refractivity contribution in [2.24, 2.45) is 7.05 Å². The molecule has 0 aliphatic rings. The highest BCUT2D eigenvalue weighted by Gasteiger charge is 2.05. The third-order valence-electron chi connectivity index (χ3n) is 1.38. The van der Waals surface area contributed by atoms with Crippen molar-refractivity contribution >= 4 is 23.4 Å². The molecule has 2 aromatic heterocycles. The van der Waals surface area contributed by atoms with Crippen molar-refractivity contribution in [2.75, 3.05) is 0 Å². The number of aryl methyl sites for hydroxylation is 1. The monoisotopic (exact) mass is 228 g/mol. The first-order chi connectivity index (χ1) is 6.75. The zero-order chi connectivity index (χ0) is 9.97. The van der Waals surface area contributed by atoms with Crippen molar-refractivity contribution in [3.05, 3.63) is 17.3 Å². The fourth-order valence-corrected chi connectivity index (χ4v) is 1.51. The predicted molar refractivity (Wildman–Crippen MR) is 50.0 cm³/mol. The standard InChI is InChI=1S/C6H5ClN6S/c1-13-6(10-11-12-13)14-5-3-2-4(7)8-9-5/h2-3H,1H3. The molecule has 0 fully saturated rings. The second-order valence-corrected chi connectivity index (χ2v) is 3.76. The minimum atomic E-state index is 0.366. The van der Waals surface area contributed by atoms with Gasteiger partial charge in [0, 0.05) is 7.05 Å². The van der Waals surface area contributed by atoms with E-state index >= 15 is 0 Å². The molecule has 14 heavy (non-hydrogen) atoms. The smallest absolute Gasteiger partial charge is 0.215 e. The first kappa shape index (κ1) is 9.35. The molecule has 0 unspecified atom stereocenters. The number of hydrogen-bond donors (Lipinski definition) is 0. The van der Waals surface area contributed by atoms with Crippen molar-refractivity contribution in [3.63, 3.8) is 0 Å². The van der Waals surface area contributed by atoms with Gasteiger partial charge in [-0.05, 0) is 34.3 Å². The fraction of sp³-hybridized carbons (Fsp3) is 0.167. The molecule has 0 amide bonds. The molecule has 0 aliphatic carbocycles. The number of nitrogens with zero attached hydrogens (tertiary/aromatic N) is 6.